The van der Waals surface area contributed by atoms with Crippen molar-refractivity contribution in [2.75, 3.05) is 7.11 Å². The van der Waals surface area contributed by atoms with Crippen LogP contribution in [0.1, 0.15) is 15.9 Å². The normalized spacial score (nSPS) is 9.29. The minimum atomic E-state index is -0.633. The number of esters is 1. The molecule has 72 valence electrons. The number of carbonyl (C=O) groups is 1. The molecule has 0 N–H and O–H groups in total. The van der Waals surface area contributed by atoms with Gasteiger partial charge >= 0.3 is 5.97 Å². The van der Waals surface area contributed by atoms with Crippen LogP contribution in [0, 0.1) is 11.3 Å². The third kappa shape index (κ3) is 1.98. The summed E-state index contributed by atoms with van der Waals surface area (Å²) in [6, 6.07) is 4.56. The van der Waals surface area contributed by atoms with Gasteiger partial charge in [0.25, 0.3) is 0 Å². The molecular weight excluding hydrogens is 225 g/mol. The van der Waals surface area contributed by atoms with Crippen molar-refractivity contribution in [2.45, 2.75) is 0 Å². The van der Waals surface area contributed by atoms with E-state index in [0.717, 1.165) is 0 Å². The van der Waals surface area contributed by atoms with Crippen molar-refractivity contribution in [1.29, 1.82) is 5.26 Å². The van der Waals surface area contributed by atoms with Crippen molar-refractivity contribution in [2.24, 2.45) is 0 Å². The summed E-state index contributed by atoms with van der Waals surface area (Å²) >= 11 is 11.4. The van der Waals surface area contributed by atoms with Crippen molar-refractivity contribution < 1.29 is 9.53 Å². The molecule has 0 amide bonds. The molecule has 0 spiro atoms. The van der Waals surface area contributed by atoms with Crippen molar-refractivity contribution in [1.82, 2.24) is 0 Å². The molecule has 1 aromatic carbocycles. The summed E-state index contributed by atoms with van der Waals surface area (Å²) in [5, 5.41) is 9.17. The van der Waals surface area contributed by atoms with E-state index in [1.807, 2.05) is 6.07 Å². The number of rotatable bonds is 1. The van der Waals surface area contributed by atoms with E-state index in [0.29, 0.717) is 0 Å². The number of hydrogen-bond donors (Lipinski definition) is 0. The number of methoxy groups -OCH3 is 1. The summed E-state index contributed by atoms with van der Waals surface area (Å²) in [4.78, 5) is 11.2. The molecule has 0 bridgehead atoms. The molecule has 0 aliphatic rings. The fraction of sp³-hybridized carbons (Fsp3) is 0.111. The third-order valence-electron chi connectivity index (χ3n) is 1.57. The Bertz CT molecular complexity index is 424. The molecule has 0 saturated carbocycles. The maximum Gasteiger partial charge on any atom is 0.339 e. The Hall–Kier alpha value is -1.24. The topological polar surface area (TPSA) is 50.1 Å². The van der Waals surface area contributed by atoms with Crippen LogP contribution in [0.25, 0.3) is 0 Å². The van der Waals surface area contributed by atoms with Crippen molar-refractivity contribution in [3.63, 3.8) is 0 Å². The first-order chi connectivity index (χ1) is 6.60. The van der Waals surface area contributed by atoms with Crippen LogP contribution < -0.4 is 0 Å². The second-order valence-corrected chi connectivity index (χ2v) is 3.26. The lowest BCUT2D eigenvalue weighted by atomic mass is 10.1. The van der Waals surface area contributed by atoms with Gasteiger partial charge in [-0.15, -0.1) is 0 Å². The Labute approximate surface area is 90.8 Å². The zero-order chi connectivity index (χ0) is 10.7. The van der Waals surface area contributed by atoms with Gasteiger partial charge in [-0.25, -0.2) is 4.79 Å². The molecule has 0 fully saturated rings. The molecule has 0 saturated heterocycles. The Morgan fingerprint density at radius 2 is 2.14 bits per heavy atom. The van der Waals surface area contributed by atoms with Crippen LogP contribution in [0.4, 0.5) is 0 Å². The summed E-state index contributed by atoms with van der Waals surface area (Å²) in [5.74, 6) is -0.633. The second-order valence-electron chi connectivity index (χ2n) is 2.41. The minimum Gasteiger partial charge on any atom is -0.465 e. The van der Waals surface area contributed by atoms with E-state index >= 15 is 0 Å². The van der Waals surface area contributed by atoms with Gasteiger partial charge < -0.3 is 4.74 Å². The maximum absolute atomic E-state index is 11.2. The molecule has 1 rings (SSSR count). The molecule has 5 heteroatoms. The molecular formula is C9H5Cl2NO2. The van der Waals surface area contributed by atoms with E-state index in [1.54, 1.807) is 0 Å². The average Bonchev–Trinajstić information content (AvgIpc) is 2.15. The molecule has 0 radical (unpaired) electrons. The number of hydrogen-bond acceptors (Lipinski definition) is 3. The van der Waals surface area contributed by atoms with Crippen molar-refractivity contribution in [3.05, 3.63) is 33.3 Å². The highest BCUT2D eigenvalue weighted by molar-refractivity contribution is 6.36. The van der Waals surface area contributed by atoms with Crippen LogP contribution in [0.15, 0.2) is 12.1 Å². The number of nitriles is 1. The minimum absolute atomic E-state index is 0.0721. The first-order valence-electron chi connectivity index (χ1n) is 3.57. The van der Waals surface area contributed by atoms with Gasteiger partial charge in [0.05, 0.1) is 23.3 Å². The fourth-order valence-corrected chi connectivity index (χ4v) is 1.49. The van der Waals surface area contributed by atoms with E-state index in [4.69, 9.17) is 28.5 Å². The van der Waals surface area contributed by atoms with Gasteiger partial charge in [0.1, 0.15) is 6.07 Å². The van der Waals surface area contributed by atoms with Crippen LogP contribution in [-0.2, 0) is 4.74 Å². The predicted octanol–water partition coefficient (Wildman–Crippen LogP) is 2.65. The molecule has 3 nitrogen and oxygen atoms in total. The van der Waals surface area contributed by atoms with E-state index in [2.05, 4.69) is 4.74 Å². The predicted molar refractivity (Wildman–Crippen MR) is 52.5 cm³/mol. The largest absolute Gasteiger partial charge is 0.465 e. The molecule has 0 aliphatic heterocycles. The maximum atomic E-state index is 11.2. The highest BCUT2D eigenvalue weighted by atomic mass is 35.5. The van der Waals surface area contributed by atoms with E-state index < -0.39 is 5.97 Å². The number of halogens is 2. The lowest BCUT2D eigenvalue weighted by Crippen LogP contribution is -2.04. The molecule has 0 aliphatic carbocycles. The van der Waals surface area contributed by atoms with Crippen LogP contribution >= 0.6 is 23.2 Å². The van der Waals surface area contributed by atoms with Crippen LogP contribution in [0.3, 0.4) is 0 Å². The molecule has 1 aromatic rings. The summed E-state index contributed by atoms with van der Waals surface area (Å²) in [6.45, 7) is 0. The number of ether oxygens (including phenoxy) is 1. The molecule has 0 heterocycles. The highest BCUT2D eigenvalue weighted by Gasteiger charge is 2.15. The summed E-state index contributed by atoms with van der Waals surface area (Å²) in [5.41, 5.74) is 0.149. The quantitative estimate of drug-likeness (QED) is 0.696. The zero-order valence-electron chi connectivity index (χ0n) is 7.17. The van der Waals surface area contributed by atoms with E-state index in [-0.39, 0.29) is 21.2 Å². The molecule has 0 unspecified atom stereocenters. The Morgan fingerprint density at radius 1 is 1.50 bits per heavy atom. The number of carbonyl (C=O) groups excluding carboxylic acids is 1. The van der Waals surface area contributed by atoms with Crippen LogP contribution in [0.5, 0.6) is 0 Å². The monoisotopic (exact) mass is 229 g/mol. The first-order valence-corrected chi connectivity index (χ1v) is 4.33. The second kappa shape index (κ2) is 4.32. The van der Waals surface area contributed by atoms with Gasteiger partial charge in [0.2, 0.25) is 0 Å². The van der Waals surface area contributed by atoms with E-state index in [9.17, 15) is 4.79 Å². The van der Waals surface area contributed by atoms with Gasteiger partial charge in [-0.05, 0) is 12.1 Å². The SMILES string of the molecule is COC(=O)c1cc(Cl)cc(Cl)c1C#N. The van der Waals surface area contributed by atoms with E-state index in [1.165, 1.54) is 19.2 Å². The number of nitrogens with zero attached hydrogens (tertiary/aromatic N) is 1. The number of benzene rings is 1. The Kier molecular flexibility index (Phi) is 3.34. The Morgan fingerprint density at radius 3 is 2.64 bits per heavy atom. The van der Waals surface area contributed by atoms with Gasteiger partial charge in [0.15, 0.2) is 0 Å². The van der Waals surface area contributed by atoms with Gasteiger partial charge in [-0.3, -0.25) is 0 Å². The van der Waals surface area contributed by atoms with Crippen molar-refractivity contribution >= 4 is 29.2 Å². The summed E-state index contributed by atoms with van der Waals surface area (Å²) < 4.78 is 4.48. The average molecular weight is 230 g/mol. The zero-order valence-corrected chi connectivity index (χ0v) is 8.69. The smallest absolute Gasteiger partial charge is 0.339 e. The standard InChI is InChI=1S/C9H5Cl2NO2/c1-14-9(13)6-2-5(10)3-8(11)7(6)4-12/h2-3H,1H3. The first kappa shape index (κ1) is 10.8. The van der Waals surface area contributed by atoms with Crippen LogP contribution in [-0.4, -0.2) is 13.1 Å². The van der Waals surface area contributed by atoms with Gasteiger partial charge in [0, 0.05) is 5.02 Å². The van der Waals surface area contributed by atoms with Gasteiger partial charge in [-0.2, -0.15) is 5.26 Å². The van der Waals surface area contributed by atoms with Crippen LogP contribution in [0.2, 0.25) is 10.0 Å². The lowest BCUT2D eigenvalue weighted by molar-refractivity contribution is 0.0600. The van der Waals surface area contributed by atoms with Crippen molar-refractivity contribution in [3.8, 4) is 6.07 Å². The fourth-order valence-electron chi connectivity index (χ4n) is 0.958. The summed E-state index contributed by atoms with van der Waals surface area (Å²) in [7, 11) is 1.22. The summed E-state index contributed by atoms with van der Waals surface area (Å²) in [6.07, 6.45) is 0. The van der Waals surface area contributed by atoms with Gasteiger partial charge in [-0.1, -0.05) is 23.2 Å². The lowest BCUT2D eigenvalue weighted by Gasteiger charge is -2.03. The highest BCUT2D eigenvalue weighted by Crippen LogP contribution is 2.25. The molecule has 0 atom stereocenters. The molecule has 0 aromatic heterocycles. The Balaban J connectivity index is 3.41. The molecule has 14 heavy (non-hydrogen) atoms. The third-order valence-corrected chi connectivity index (χ3v) is 2.09.